The molecule has 1 heterocycles. The number of esters is 1. The largest absolute Gasteiger partial charge is 0.466 e. The zero-order valence-electron chi connectivity index (χ0n) is 8.03. The van der Waals surface area contributed by atoms with Gasteiger partial charge in [0.2, 0.25) is 0 Å². The number of hydrogen-bond acceptors (Lipinski definition) is 3. The molecule has 5 heteroatoms. The summed E-state index contributed by atoms with van der Waals surface area (Å²) in [4.78, 5) is 11.0. The molecule has 0 saturated heterocycles. The van der Waals surface area contributed by atoms with Gasteiger partial charge in [0.15, 0.2) is 0 Å². The van der Waals surface area contributed by atoms with E-state index in [4.69, 9.17) is 0 Å². The lowest BCUT2D eigenvalue weighted by Gasteiger charge is -1.99. The highest BCUT2D eigenvalue weighted by molar-refractivity contribution is 14.1. The highest BCUT2D eigenvalue weighted by atomic mass is 127. The summed E-state index contributed by atoms with van der Waals surface area (Å²) in [5.74, 6) is -0.299. The van der Waals surface area contributed by atoms with Crippen LogP contribution >= 0.6 is 22.6 Å². The summed E-state index contributed by atoms with van der Waals surface area (Å²) in [7, 11) is 1.37. The number of halogens is 1. The van der Waals surface area contributed by atoms with Gasteiger partial charge in [-0.2, -0.15) is 5.10 Å². The Morgan fingerprint density at radius 3 is 3.00 bits per heavy atom. The minimum absolute atomic E-state index is 0.299. The number of allylic oxidation sites excluding steroid dienone is 1. The van der Waals surface area contributed by atoms with Gasteiger partial charge in [0, 0.05) is 11.8 Å². The van der Waals surface area contributed by atoms with E-state index in [0.717, 1.165) is 3.57 Å². The summed E-state index contributed by atoms with van der Waals surface area (Å²) in [5.41, 5.74) is 0.595. The fraction of sp³-hybridized carbons (Fsp3) is 0.333. The molecule has 76 valence electrons. The Labute approximate surface area is 96.1 Å². The maximum absolute atomic E-state index is 11.0. The third-order valence-corrected chi connectivity index (χ3v) is 2.25. The molecule has 0 aliphatic heterocycles. The normalized spacial score (nSPS) is 11.5. The van der Waals surface area contributed by atoms with Crippen molar-refractivity contribution in [2.75, 3.05) is 7.11 Å². The molecule has 0 atom stereocenters. The molecule has 1 rings (SSSR count). The number of rotatable bonds is 3. The lowest BCUT2D eigenvalue weighted by Crippen LogP contribution is -2.03. The number of carbonyl (C=O) groups is 1. The van der Waals surface area contributed by atoms with Crippen LogP contribution in [0.3, 0.4) is 0 Å². The molecule has 0 spiro atoms. The Hall–Kier alpha value is -0.850. The van der Waals surface area contributed by atoms with Crippen LogP contribution in [-0.2, 0) is 16.1 Å². The number of carbonyl (C=O) groups excluding carboxylic acids is 1. The summed E-state index contributed by atoms with van der Waals surface area (Å²) in [6.07, 6.45) is 5.46. The van der Waals surface area contributed by atoms with E-state index in [9.17, 15) is 4.79 Å². The molecule has 0 fully saturated rings. The molecule has 1 aromatic rings. The van der Waals surface area contributed by atoms with Gasteiger partial charge >= 0.3 is 5.97 Å². The number of ether oxygens (including phenoxy) is 1. The molecule has 1 aromatic heterocycles. The second-order valence-corrected chi connectivity index (χ2v) is 4.00. The van der Waals surface area contributed by atoms with Crippen molar-refractivity contribution in [2.24, 2.45) is 0 Å². The predicted octanol–water partition coefficient (Wildman–Crippen LogP) is 1.61. The van der Waals surface area contributed by atoms with Crippen molar-refractivity contribution in [3.05, 3.63) is 27.6 Å². The van der Waals surface area contributed by atoms with Crippen LogP contribution in [0.25, 0.3) is 0 Å². The minimum atomic E-state index is -0.299. The SMILES string of the molecule is COC(=O)C(C)=CCn1cc(I)cn1. The topological polar surface area (TPSA) is 44.1 Å². The molecule has 0 aliphatic rings. The lowest BCUT2D eigenvalue weighted by atomic mass is 10.3. The Morgan fingerprint density at radius 1 is 1.79 bits per heavy atom. The van der Waals surface area contributed by atoms with E-state index >= 15 is 0 Å². The van der Waals surface area contributed by atoms with E-state index in [1.807, 2.05) is 6.20 Å². The van der Waals surface area contributed by atoms with Crippen LogP contribution in [0.4, 0.5) is 0 Å². The van der Waals surface area contributed by atoms with E-state index in [2.05, 4.69) is 32.4 Å². The van der Waals surface area contributed by atoms with Crippen molar-refractivity contribution >= 4 is 28.6 Å². The van der Waals surface area contributed by atoms with Crippen molar-refractivity contribution in [3.63, 3.8) is 0 Å². The van der Waals surface area contributed by atoms with Crippen LogP contribution in [0.5, 0.6) is 0 Å². The molecular weight excluding hydrogens is 295 g/mol. The van der Waals surface area contributed by atoms with Crippen LogP contribution in [0, 0.1) is 3.57 Å². The smallest absolute Gasteiger partial charge is 0.333 e. The first-order valence-corrected chi connectivity index (χ1v) is 5.14. The molecular formula is C9H11IN2O2. The van der Waals surface area contributed by atoms with Crippen LogP contribution in [0.15, 0.2) is 24.0 Å². The van der Waals surface area contributed by atoms with E-state index in [1.54, 1.807) is 23.9 Å². The maximum Gasteiger partial charge on any atom is 0.333 e. The van der Waals surface area contributed by atoms with Crippen molar-refractivity contribution in [2.45, 2.75) is 13.5 Å². The molecule has 0 N–H and O–H groups in total. The first kappa shape index (κ1) is 11.2. The molecule has 4 nitrogen and oxygen atoms in total. The standard InChI is InChI=1S/C9H11IN2O2/c1-7(9(13)14-2)3-4-12-6-8(10)5-11-12/h3,5-6H,4H2,1-2H3. The second kappa shape index (κ2) is 5.14. The highest BCUT2D eigenvalue weighted by Crippen LogP contribution is 2.02. The van der Waals surface area contributed by atoms with Gasteiger partial charge in [-0.15, -0.1) is 0 Å². The fourth-order valence-electron chi connectivity index (χ4n) is 0.913. The van der Waals surface area contributed by atoms with Gasteiger partial charge in [-0.3, -0.25) is 4.68 Å². The Balaban J connectivity index is 2.58. The van der Waals surface area contributed by atoms with Gasteiger partial charge in [-0.05, 0) is 29.5 Å². The van der Waals surface area contributed by atoms with Crippen molar-refractivity contribution < 1.29 is 9.53 Å². The summed E-state index contributed by atoms with van der Waals surface area (Å²) < 4.78 is 7.40. The van der Waals surface area contributed by atoms with E-state index in [-0.39, 0.29) is 5.97 Å². The van der Waals surface area contributed by atoms with Crippen molar-refractivity contribution in [1.82, 2.24) is 9.78 Å². The first-order chi connectivity index (χ1) is 6.63. The summed E-state index contributed by atoms with van der Waals surface area (Å²) in [6, 6.07) is 0. The Bertz CT molecular complexity index is 357. The number of nitrogens with zero attached hydrogens (tertiary/aromatic N) is 2. The second-order valence-electron chi connectivity index (χ2n) is 2.76. The van der Waals surface area contributed by atoms with Crippen LogP contribution < -0.4 is 0 Å². The average Bonchev–Trinajstić information content (AvgIpc) is 2.59. The zero-order valence-corrected chi connectivity index (χ0v) is 10.2. The monoisotopic (exact) mass is 306 g/mol. The highest BCUT2D eigenvalue weighted by Gasteiger charge is 2.01. The van der Waals surface area contributed by atoms with Crippen LogP contribution in [0.1, 0.15) is 6.92 Å². The van der Waals surface area contributed by atoms with Crippen LogP contribution in [0.2, 0.25) is 0 Å². The average molecular weight is 306 g/mol. The predicted molar refractivity (Wildman–Crippen MR) is 60.7 cm³/mol. The van der Waals surface area contributed by atoms with Gasteiger partial charge < -0.3 is 4.74 Å². The molecule has 0 saturated carbocycles. The van der Waals surface area contributed by atoms with Gasteiger partial charge in [0.25, 0.3) is 0 Å². The number of methoxy groups -OCH3 is 1. The summed E-state index contributed by atoms with van der Waals surface area (Å²) in [5, 5.41) is 4.09. The minimum Gasteiger partial charge on any atom is -0.466 e. The Kier molecular flexibility index (Phi) is 4.12. The molecule has 14 heavy (non-hydrogen) atoms. The quantitative estimate of drug-likeness (QED) is 0.484. The van der Waals surface area contributed by atoms with Gasteiger partial charge in [-0.1, -0.05) is 6.08 Å². The zero-order chi connectivity index (χ0) is 10.6. The molecule has 0 bridgehead atoms. The van der Waals surface area contributed by atoms with Crippen molar-refractivity contribution in [3.8, 4) is 0 Å². The van der Waals surface area contributed by atoms with E-state index in [0.29, 0.717) is 12.1 Å². The van der Waals surface area contributed by atoms with E-state index < -0.39 is 0 Å². The molecule has 0 aromatic carbocycles. The summed E-state index contributed by atoms with van der Waals surface area (Å²) in [6.45, 7) is 2.31. The molecule has 0 radical (unpaired) electrons. The van der Waals surface area contributed by atoms with Crippen molar-refractivity contribution in [1.29, 1.82) is 0 Å². The lowest BCUT2D eigenvalue weighted by molar-refractivity contribution is -0.136. The number of hydrogen-bond donors (Lipinski definition) is 0. The number of aromatic nitrogens is 2. The Morgan fingerprint density at radius 2 is 2.50 bits per heavy atom. The fourth-order valence-corrected chi connectivity index (χ4v) is 1.36. The first-order valence-electron chi connectivity index (χ1n) is 4.06. The maximum atomic E-state index is 11.0. The third-order valence-electron chi connectivity index (χ3n) is 1.69. The van der Waals surface area contributed by atoms with Crippen LogP contribution in [-0.4, -0.2) is 22.9 Å². The van der Waals surface area contributed by atoms with Gasteiger partial charge in [-0.25, -0.2) is 4.79 Å². The third kappa shape index (κ3) is 3.13. The summed E-state index contributed by atoms with van der Waals surface area (Å²) >= 11 is 2.18. The van der Waals surface area contributed by atoms with Gasteiger partial charge in [0.05, 0.1) is 23.4 Å². The van der Waals surface area contributed by atoms with E-state index in [1.165, 1.54) is 7.11 Å². The van der Waals surface area contributed by atoms with Gasteiger partial charge in [0.1, 0.15) is 0 Å². The molecule has 0 amide bonds. The molecule has 0 aliphatic carbocycles. The molecule has 0 unspecified atom stereocenters.